The van der Waals surface area contributed by atoms with Crippen LogP contribution in [0.2, 0.25) is 0 Å². The number of allylic oxidation sites excluding steroid dienone is 1. The largest absolute Gasteiger partial charge is 0.462 e. The molecule has 0 radical (unpaired) electrons. The zero-order valence-corrected chi connectivity index (χ0v) is 6.88. The highest BCUT2D eigenvalue weighted by atomic mass is 16.5. The molecule has 2 heteroatoms. The van der Waals surface area contributed by atoms with E-state index in [1.54, 1.807) is 0 Å². The van der Waals surface area contributed by atoms with Gasteiger partial charge in [0.25, 0.3) is 0 Å². The lowest BCUT2D eigenvalue weighted by atomic mass is 10.1. The highest BCUT2D eigenvalue weighted by molar-refractivity contribution is 5.66. The normalized spacial score (nSPS) is 24.3. The Morgan fingerprint density at radius 1 is 1.55 bits per heavy atom. The van der Waals surface area contributed by atoms with Gasteiger partial charge >= 0.3 is 5.97 Å². The molecule has 2 nitrogen and oxygen atoms in total. The molecular formula is C9H14O2. The van der Waals surface area contributed by atoms with Gasteiger partial charge < -0.3 is 4.74 Å². The lowest BCUT2D eigenvalue weighted by Gasteiger charge is -2.12. The molecule has 0 bridgehead atoms. The quantitative estimate of drug-likeness (QED) is 0.427. The maximum Gasteiger partial charge on any atom is 0.302 e. The molecule has 0 amide bonds. The number of carbonyl (C=O) groups is 1. The average molecular weight is 154 g/mol. The van der Waals surface area contributed by atoms with Gasteiger partial charge in [0.15, 0.2) is 0 Å². The zero-order chi connectivity index (χ0) is 8.10. The van der Waals surface area contributed by atoms with Crippen LogP contribution in [0.25, 0.3) is 0 Å². The molecule has 0 saturated carbocycles. The first-order valence-corrected chi connectivity index (χ1v) is 4.11. The summed E-state index contributed by atoms with van der Waals surface area (Å²) < 4.78 is 5.08. The molecule has 0 saturated heterocycles. The van der Waals surface area contributed by atoms with E-state index in [-0.39, 0.29) is 12.1 Å². The third-order valence-electron chi connectivity index (χ3n) is 1.80. The van der Waals surface area contributed by atoms with Crippen LogP contribution < -0.4 is 0 Å². The molecule has 1 rings (SSSR count). The third kappa shape index (κ3) is 3.21. The van der Waals surface area contributed by atoms with E-state index in [1.165, 1.54) is 6.92 Å². The van der Waals surface area contributed by atoms with Gasteiger partial charge in [-0.15, -0.1) is 0 Å². The Hall–Kier alpha value is -0.790. The second-order valence-corrected chi connectivity index (χ2v) is 2.87. The van der Waals surface area contributed by atoms with Crippen LogP contribution in [0.15, 0.2) is 12.2 Å². The summed E-state index contributed by atoms with van der Waals surface area (Å²) in [5, 5.41) is 0. The summed E-state index contributed by atoms with van der Waals surface area (Å²) in [6.45, 7) is 1.47. The van der Waals surface area contributed by atoms with Gasteiger partial charge in [-0.2, -0.15) is 0 Å². The van der Waals surface area contributed by atoms with E-state index >= 15 is 0 Å². The first-order valence-electron chi connectivity index (χ1n) is 4.11. The summed E-state index contributed by atoms with van der Waals surface area (Å²) in [5.74, 6) is -0.162. The van der Waals surface area contributed by atoms with Crippen LogP contribution in [0.1, 0.15) is 32.6 Å². The van der Waals surface area contributed by atoms with Gasteiger partial charge in [-0.05, 0) is 19.3 Å². The molecule has 1 unspecified atom stereocenters. The van der Waals surface area contributed by atoms with E-state index in [0.717, 1.165) is 25.7 Å². The molecule has 11 heavy (non-hydrogen) atoms. The summed E-state index contributed by atoms with van der Waals surface area (Å²) in [7, 11) is 0. The van der Waals surface area contributed by atoms with Crippen molar-refractivity contribution in [2.45, 2.75) is 38.7 Å². The van der Waals surface area contributed by atoms with E-state index in [0.29, 0.717) is 0 Å². The van der Waals surface area contributed by atoms with Gasteiger partial charge in [-0.25, -0.2) is 0 Å². The maximum atomic E-state index is 10.6. The summed E-state index contributed by atoms with van der Waals surface area (Å²) in [6.07, 6.45) is 8.54. The minimum atomic E-state index is -0.162. The van der Waals surface area contributed by atoms with Gasteiger partial charge in [0.2, 0.25) is 0 Å². The molecule has 0 spiro atoms. The molecule has 1 aliphatic rings. The second-order valence-electron chi connectivity index (χ2n) is 2.87. The van der Waals surface area contributed by atoms with E-state index < -0.39 is 0 Å². The monoisotopic (exact) mass is 154 g/mol. The Morgan fingerprint density at radius 2 is 2.36 bits per heavy atom. The van der Waals surface area contributed by atoms with Crippen molar-refractivity contribution in [2.75, 3.05) is 0 Å². The molecule has 0 fully saturated rings. The van der Waals surface area contributed by atoms with E-state index in [4.69, 9.17) is 4.74 Å². The minimum absolute atomic E-state index is 0.131. The fourth-order valence-electron chi connectivity index (χ4n) is 1.29. The zero-order valence-electron chi connectivity index (χ0n) is 6.88. The fourth-order valence-corrected chi connectivity index (χ4v) is 1.29. The van der Waals surface area contributed by atoms with E-state index in [1.807, 2.05) is 0 Å². The van der Waals surface area contributed by atoms with Gasteiger partial charge in [-0.1, -0.05) is 12.2 Å². The van der Waals surface area contributed by atoms with Crippen LogP contribution >= 0.6 is 0 Å². The van der Waals surface area contributed by atoms with Gasteiger partial charge in [0.05, 0.1) is 0 Å². The van der Waals surface area contributed by atoms with Crippen molar-refractivity contribution in [2.24, 2.45) is 0 Å². The van der Waals surface area contributed by atoms with Crippen LogP contribution in [0, 0.1) is 0 Å². The lowest BCUT2D eigenvalue weighted by Crippen LogP contribution is -2.14. The van der Waals surface area contributed by atoms with E-state index in [9.17, 15) is 4.79 Å². The maximum absolute atomic E-state index is 10.6. The Kier molecular flexibility index (Phi) is 3.14. The fraction of sp³-hybridized carbons (Fsp3) is 0.667. The standard InChI is InChI=1S/C9H14O2/c1-8(10)11-9-6-4-2-3-5-7-9/h2,4,9H,3,5-7H2,1H3. The number of carbonyl (C=O) groups excluding carboxylic acids is 1. The topological polar surface area (TPSA) is 26.3 Å². The van der Waals surface area contributed by atoms with Crippen molar-refractivity contribution in [3.05, 3.63) is 12.2 Å². The number of hydrogen-bond acceptors (Lipinski definition) is 2. The number of ether oxygens (including phenoxy) is 1. The Bertz CT molecular complexity index is 161. The summed E-state index contributed by atoms with van der Waals surface area (Å²) in [5.41, 5.74) is 0. The van der Waals surface area contributed by atoms with Crippen LogP contribution in [0.4, 0.5) is 0 Å². The van der Waals surface area contributed by atoms with Crippen molar-refractivity contribution in [3.8, 4) is 0 Å². The molecule has 1 atom stereocenters. The molecule has 0 N–H and O–H groups in total. The molecule has 0 aromatic rings. The minimum Gasteiger partial charge on any atom is -0.462 e. The Morgan fingerprint density at radius 3 is 3.09 bits per heavy atom. The Labute approximate surface area is 67.2 Å². The summed E-state index contributed by atoms with van der Waals surface area (Å²) in [4.78, 5) is 10.6. The van der Waals surface area contributed by atoms with Crippen LogP contribution in [0.5, 0.6) is 0 Å². The molecule has 0 aromatic heterocycles. The number of rotatable bonds is 1. The second kappa shape index (κ2) is 4.16. The first kappa shape index (κ1) is 8.31. The van der Waals surface area contributed by atoms with Gasteiger partial charge in [0.1, 0.15) is 6.10 Å². The molecule has 1 aliphatic carbocycles. The van der Waals surface area contributed by atoms with Crippen molar-refractivity contribution in [1.29, 1.82) is 0 Å². The van der Waals surface area contributed by atoms with Crippen molar-refractivity contribution in [1.82, 2.24) is 0 Å². The third-order valence-corrected chi connectivity index (χ3v) is 1.80. The van der Waals surface area contributed by atoms with E-state index in [2.05, 4.69) is 12.2 Å². The van der Waals surface area contributed by atoms with Crippen molar-refractivity contribution in [3.63, 3.8) is 0 Å². The Balaban J connectivity index is 2.32. The molecule has 0 aromatic carbocycles. The summed E-state index contributed by atoms with van der Waals surface area (Å²) >= 11 is 0. The van der Waals surface area contributed by atoms with Gasteiger partial charge in [-0.3, -0.25) is 4.79 Å². The predicted molar refractivity (Wildman–Crippen MR) is 43.2 cm³/mol. The summed E-state index contributed by atoms with van der Waals surface area (Å²) in [6, 6.07) is 0. The number of hydrogen-bond donors (Lipinski definition) is 0. The molecule has 62 valence electrons. The smallest absolute Gasteiger partial charge is 0.302 e. The highest BCUT2D eigenvalue weighted by Crippen LogP contribution is 2.14. The highest BCUT2D eigenvalue weighted by Gasteiger charge is 2.10. The average Bonchev–Trinajstić information content (AvgIpc) is 2.14. The lowest BCUT2D eigenvalue weighted by molar-refractivity contribution is -0.146. The van der Waals surface area contributed by atoms with Gasteiger partial charge in [0, 0.05) is 13.3 Å². The van der Waals surface area contributed by atoms with Crippen molar-refractivity contribution < 1.29 is 9.53 Å². The van der Waals surface area contributed by atoms with Crippen LogP contribution in [0.3, 0.4) is 0 Å². The van der Waals surface area contributed by atoms with Crippen LogP contribution in [-0.4, -0.2) is 12.1 Å². The molecule has 0 heterocycles. The SMILES string of the molecule is CC(=O)OC1CC=CCCC1. The van der Waals surface area contributed by atoms with Crippen molar-refractivity contribution >= 4 is 5.97 Å². The predicted octanol–water partition coefficient (Wildman–Crippen LogP) is 2.05. The van der Waals surface area contributed by atoms with Crippen LogP contribution in [-0.2, 0) is 9.53 Å². The molecule has 0 aliphatic heterocycles. The molecular weight excluding hydrogens is 140 g/mol. The first-order chi connectivity index (χ1) is 5.29. The number of esters is 1.